The van der Waals surface area contributed by atoms with E-state index >= 15 is 0 Å². The van der Waals surface area contributed by atoms with Crippen molar-refractivity contribution in [3.8, 4) is 0 Å². The van der Waals surface area contributed by atoms with Crippen LogP contribution in [0.1, 0.15) is 79.7 Å². The van der Waals surface area contributed by atoms with Crippen molar-refractivity contribution < 1.29 is 26.4 Å². The highest BCUT2D eigenvalue weighted by molar-refractivity contribution is 7.91. The first-order valence-corrected chi connectivity index (χ1v) is 14.9. The minimum Gasteiger partial charge on any atom is -0.346 e. The highest BCUT2D eigenvalue weighted by atomic mass is 32.2. The number of fused-ring (bicyclic) bond motifs is 1. The van der Waals surface area contributed by atoms with Crippen LogP contribution in [0.2, 0.25) is 0 Å². The van der Waals surface area contributed by atoms with Crippen LogP contribution in [0.4, 0.5) is 13.2 Å². The Hall–Kier alpha value is -2.46. The van der Waals surface area contributed by atoms with Crippen molar-refractivity contribution in [3.05, 3.63) is 58.9 Å². The summed E-state index contributed by atoms with van der Waals surface area (Å²) in [5.41, 5.74) is 3.34. The first-order chi connectivity index (χ1) is 17.9. The Bertz CT molecular complexity index is 1240. The van der Waals surface area contributed by atoms with Gasteiger partial charge in [0.25, 0.3) is 5.91 Å². The van der Waals surface area contributed by atoms with E-state index in [1.807, 2.05) is 18.2 Å². The lowest BCUT2D eigenvalue weighted by molar-refractivity contribution is -0.184. The molecule has 1 aliphatic heterocycles. The van der Waals surface area contributed by atoms with Crippen LogP contribution in [-0.4, -0.2) is 42.7 Å². The van der Waals surface area contributed by atoms with Crippen molar-refractivity contribution in [3.63, 3.8) is 0 Å². The second kappa shape index (κ2) is 11.3. The molecule has 2 heterocycles. The van der Waals surface area contributed by atoms with Crippen LogP contribution < -0.4 is 5.32 Å². The predicted octanol–water partition coefficient (Wildman–Crippen LogP) is 5.69. The Labute approximate surface area is 222 Å². The van der Waals surface area contributed by atoms with Gasteiger partial charge in [-0.05, 0) is 72.9 Å². The van der Waals surface area contributed by atoms with Crippen molar-refractivity contribution in [1.29, 1.82) is 0 Å². The molecule has 38 heavy (non-hydrogen) atoms. The number of alkyl halides is 3. The van der Waals surface area contributed by atoms with E-state index in [9.17, 15) is 26.4 Å². The van der Waals surface area contributed by atoms with Gasteiger partial charge in [-0.25, -0.2) is 8.42 Å². The third-order valence-corrected chi connectivity index (χ3v) is 9.61. The fraction of sp³-hybridized carbons (Fsp3) is 0.571. The fourth-order valence-corrected chi connectivity index (χ4v) is 6.61. The van der Waals surface area contributed by atoms with Crippen molar-refractivity contribution >= 4 is 15.7 Å². The Balaban J connectivity index is 1.38. The zero-order valence-corrected chi connectivity index (χ0v) is 22.9. The minimum absolute atomic E-state index is 0.00261. The van der Waals surface area contributed by atoms with Gasteiger partial charge >= 0.3 is 6.18 Å². The van der Waals surface area contributed by atoms with E-state index in [-0.39, 0.29) is 47.9 Å². The number of hydrogen-bond acceptors (Lipinski definition) is 5. The molecule has 2 aliphatic rings. The molecule has 0 saturated heterocycles. The van der Waals surface area contributed by atoms with E-state index in [0.717, 1.165) is 12.1 Å². The number of rotatable bonds is 8. The lowest BCUT2D eigenvalue weighted by Gasteiger charge is -2.35. The fourth-order valence-electron chi connectivity index (χ4n) is 5.79. The number of carbonyl (C=O) groups is 1. The van der Waals surface area contributed by atoms with E-state index in [2.05, 4.69) is 29.0 Å². The zero-order valence-electron chi connectivity index (χ0n) is 22.1. The second-order valence-corrected chi connectivity index (χ2v) is 13.1. The quantitative estimate of drug-likeness (QED) is 0.456. The summed E-state index contributed by atoms with van der Waals surface area (Å²) in [7, 11) is -3.33. The van der Waals surface area contributed by atoms with Gasteiger partial charge in [-0.2, -0.15) is 13.2 Å². The summed E-state index contributed by atoms with van der Waals surface area (Å²) in [5, 5.41) is 2.85. The monoisotopic (exact) mass is 551 g/mol. The molecule has 1 N–H and O–H groups in total. The molecule has 6 nitrogen and oxygen atoms in total. The summed E-state index contributed by atoms with van der Waals surface area (Å²) in [4.78, 5) is 19.6. The first-order valence-electron chi connectivity index (χ1n) is 13.3. The average molecular weight is 552 g/mol. The summed E-state index contributed by atoms with van der Waals surface area (Å²) in [6.07, 6.45) is -1.19. The van der Waals surface area contributed by atoms with Gasteiger partial charge in [-0.3, -0.25) is 14.7 Å². The average Bonchev–Trinajstić information content (AvgIpc) is 3.24. The lowest BCUT2D eigenvalue weighted by Crippen LogP contribution is -2.34. The van der Waals surface area contributed by atoms with Crippen LogP contribution in [0, 0.1) is 17.8 Å². The number of pyridine rings is 1. The van der Waals surface area contributed by atoms with Gasteiger partial charge in [0.2, 0.25) is 0 Å². The molecule has 1 aromatic heterocycles. The molecular formula is C28H36F3N3O3S. The maximum Gasteiger partial charge on any atom is 0.391 e. The molecule has 1 saturated carbocycles. The number of amides is 1. The molecule has 0 spiro atoms. The molecule has 1 aliphatic carbocycles. The van der Waals surface area contributed by atoms with Gasteiger partial charge in [-0.15, -0.1) is 0 Å². The molecule has 0 bridgehead atoms. The summed E-state index contributed by atoms with van der Waals surface area (Å²) in [5.74, 6) is -0.845. The normalized spacial score (nSPS) is 22.4. The molecule has 208 valence electrons. The van der Waals surface area contributed by atoms with Crippen LogP contribution in [0.25, 0.3) is 0 Å². The van der Waals surface area contributed by atoms with Crippen LogP contribution in [-0.2, 0) is 22.9 Å². The van der Waals surface area contributed by atoms with Gasteiger partial charge in [0, 0.05) is 30.9 Å². The largest absolute Gasteiger partial charge is 0.391 e. The Kier molecular flexibility index (Phi) is 8.52. The van der Waals surface area contributed by atoms with Crippen LogP contribution in [0.5, 0.6) is 0 Å². The number of benzene rings is 1. The first kappa shape index (κ1) is 28.5. The second-order valence-electron chi connectivity index (χ2n) is 10.9. The molecule has 10 heteroatoms. The van der Waals surface area contributed by atoms with Gasteiger partial charge in [0.05, 0.1) is 28.8 Å². The molecule has 4 rings (SSSR count). The maximum atomic E-state index is 13.1. The van der Waals surface area contributed by atoms with E-state index in [0.29, 0.717) is 36.6 Å². The summed E-state index contributed by atoms with van der Waals surface area (Å²) < 4.78 is 63.1. The van der Waals surface area contributed by atoms with E-state index in [1.54, 1.807) is 13.0 Å². The van der Waals surface area contributed by atoms with Gasteiger partial charge in [0.1, 0.15) is 0 Å². The number of hydrogen-bond donors (Lipinski definition) is 1. The molecule has 1 fully saturated rings. The number of halogens is 3. The molecule has 1 atom stereocenters. The van der Waals surface area contributed by atoms with Crippen LogP contribution >= 0.6 is 0 Å². The third kappa shape index (κ3) is 6.39. The molecule has 1 amide bonds. The van der Waals surface area contributed by atoms with Gasteiger partial charge in [0.15, 0.2) is 9.84 Å². The van der Waals surface area contributed by atoms with E-state index < -0.39 is 21.9 Å². The minimum atomic E-state index is -4.10. The van der Waals surface area contributed by atoms with Crippen molar-refractivity contribution in [2.75, 3.05) is 12.3 Å². The summed E-state index contributed by atoms with van der Waals surface area (Å²) in [6.45, 7) is 7.48. The lowest BCUT2D eigenvalue weighted by atomic mass is 9.81. The van der Waals surface area contributed by atoms with E-state index in [1.165, 1.54) is 17.8 Å². The zero-order chi connectivity index (χ0) is 27.7. The molecule has 2 aromatic rings. The van der Waals surface area contributed by atoms with Crippen LogP contribution in [0.15, 0.2) is 41.4 Å². The predicted molar refractivity (Wildman–Crippen MR) is 139 cm³/mol. The SMILES string of the molecule is CCS(=O)(=O)c1ccc(CNC(=O)c2ccc3c(c2)CN(C[C@H]2CC[C@H](C(F)(F)F)CC2)C3C(C)C)nc1. The Morgan fingerprint density at radius 1 is 1.13 bits per heavy atom. The number of aromatic nitrogens is 1. The Morgan fingerprint density at radius 2 is 1.84 bits per heavy atom. The van der Waals surface area contributed by atoms with Crippen molar-refractivity contribution in [2.45, 2.75) is 76.7 Å². The highest BCUT2D eigenvalue weighted by Gasteiger charge is 2.42. The third-order valence-electron chi connectivity index (χ3n) is 7.89. The van der Waals surface area contributed by atoms with Gasteiger partial charge in [-0.1, -0.05) is 26.8 Å². The number of carbonyl (C=O) groups excluding carboxylic acids is 1. The van der Waals surface area contributed by atoms with Crippen LogP contribution in [0.3, 0.4) is 0 Å². The number of nitrogens with one attached hydrogen (secondary N) is 1. The maximum absolute atomic E-state index is 13.1. The Morgan fingerprint density at radius 3 is 2.42 bits per heavy atom. The number of nitrogens with zero attached hydrogens (tertiary/aromatic N) is 2. The molecule has 0 radical (unpaired) electrons. The summed E-state index contributed by atoms with van der Waals surface area (Å²) in [6, 6.07) is 8.98. The van der Waals surface area contributed by atoms with E-state index in [4.69, 9.17) is 0 Å². The highest BCUT2D eigenvalue weighted by Crippen LogP contribution is 2.43. The molecular weight excluding hydrogens is 515 g/mol. The molecule has 1 unspecified atom stereocenters. The van der Waals surface area contributed by atoms with Crippen molar-refractivity contribution in [1.82, 2.24) is 15.2 Å². The topological polar surface area (TPSA) is 79.4 Å². The van der Waals surface area contributed by atoms with Crippen molar-refractivity contribution in [2.24, 2.45) is 17.8 Å². The molecule has 1 aromatic carbocycles. The summed E-state index contributed by atoms with van der Waals surface area (Å²) >= 11 is 0. The smallest absolute Gasteiger partial charge is 0.346 e. The standard InChI is InChI=1S/C28H36F3N3O3S/c1-4-38(36,37)24-11-10-23(32-15-24)14-33-27(35)20-7-12-25-21(13-20)17-34(26(25)18(2)3)16-19-5-8-22(9-6-19)28(29,30)31/h7,10-13,15,18-19,22,26H,4-6,8-9,14,16-17H2,1-3H3,(H,33,35)/t19-,22-,26?. The number of sulfone groups is 1. The van der Waals surface area contributed by atoms with Gasteiger partial charge < -0.3 is 5.32 Å².